The SMILES string of the molecule is Cl.O=C(NCC1CCCN1)c1ccc(NC(=O)C2CC2)cc1. The van der Waals surface area contributed by atoms with Gasteiger partial charge in [0.25, 0.3) is 5.91 Å². The molecule has 2 aliphatic rings. The molecule has 0 aromatic heterocycles. The van der Waals surface area contributed by atoms with E-state index in [-0.39, 0.29) is 30.1 Å². The summed E-state index contributed by atoms with van der Waals surface area (Å²) in [5.41, 5.74) is 1.37. The fourth-order valence-electron chi connectivity index (χ4n) is 2.54. The molecular weight excluding hydrogens is 302 g/mol. The summed E-state index contributed by atoms with van der Waals surface area (Å²) in [4.78, 5) is 23.7. The molecule has 3 rings (SSSR count). The average molecular weight is 324 g/mol. The van der Waals surface area contributed by atoms with Crippen molar-refractivity contribution in [2.75, 3.05) is 18.4 Å². The average Bonchev–Trinajstić information content (AvgIpc) is 3.23. The monoisotopic (exact) mass is 323 g/mol. The van der Waals surface area contributed by atoms with Gasteiger partial charge in [-0.05, 0) is 56.5 Å². The van der Waals surface area contributed by atoms with Crippen LogP contribution in [-0.4, -0.2) is 30.9 Å². The van der Waals surface area contributed by atoms with Crippen LogP contribution in [0.1, 0.15) is 36.0 Å². The molecule has 3 N–H and O–H groups in total. The fourth-order valence-corrected chi connectivity index (χ4v) is 2.54. The number of halogens is 1. The molecule has 2 fully saturated rings. The summed E-state index contributed by atoms with van der Waals surface area (Å²) in [5, 5.41) is 9.16. The number of hydrogen-bond donors (Lipinski definition) is 3. The van der Waals surface area contributed by atoms with Gasteiger partial charge in [-0.15, -0.1) is 12.4 Å². The van der Waals surface area contributed by atoms with Gasteiger partial charge >= 0.3 is 0 Å². The molecular formula is C16H22ClN3O2. The molecule has 2 amide bonds. The van der Waals surface area contributed by atoms with Crippen molar-refractivity contribution < 1.29 is 9.59 Å². The third-order valence-electron chi connectivity index (χ3n) is 4.03. The van der Waals surface area contributed by atoms with Crippen molar-refractivity contribution in [3.63, 3.8) is 0 Å². The van der Waals surface area contributed by atoms with Crippen LogP contribution in [0.3, 0.4) is 0 Å². The van der Waals surface area contributed by atoms with Gasteiger partial charge in [-0.3, -0.25) is 9.59 Å². The van der Waals surface area contributed by atoms with Crippen LogP contribution >= 0.6 is 12.4 Å². The molecule has 5 nitrogen and oxygen atoms in total. The van der Waals surface area contributed by atoms with Gasteiger partial charge in [-0.1, -0.05) is 0 Å². The summed E-state index contributed by atoms with van der Waals surface area (Å²) in [5.74, 6) is 0.204. The third-order valence-corrected chi connectivity index (χ3v) is 4.03. The van der Waals surface area contributed by atoms with E-state index < -0.39 is 0 Å². The number of carbonyl (C=O) groups excluding carboxylic acids is 2. The maximum atomic E-state index is 12.0. The zero-order valence-corrected chi connectivity index (χ0v) is 13.2. The molecule has 120 valence electrons. The number of benzene rings is 1. The number of hydrogen-bond acceptors (Lipinski definition) is 3. The number of rotatable bonds is 5. The van der Waals surface area contributed by atoms with Crippen LogP contribution in [-0.2, 0) is 4.79 Å². The molecule has 1 unspecified atom stereocenters. The summed E-state index contributed by atoms with van der Waals surface area (Å²) < 4.78 is 0. The van der Waals surface area contributed by atoms with Crippen LogP contribution in [0.25, 0.3) is 0 Å². The van der Waals surface area contributed by atoms with E-state index in [1.165, 1.54) is 6.42 Å². The molecule has 1 saturated heterocycles. The number of anilines is 1. The second-order valence-corrected chi connectivity index (χ2v) is 5.84. The largest absolute Gasteiger partial charge is 0.350 e. The molecule has 1 aliphatic carbocycles. The second-order valence-electron chi connectivity index (χ2n) is 5.84. The highest BCUT2D eigenvalue weighted by Gasteiger charge is 2.29. The predicted octanol–water partition coefficient (Wildman–Crippen LogP) is 1.94. The first-order valence-electron chi connectivity index (χ1n) is 7.65. The van der Waals surface area contributed by atoms with Gasteiger partial charge in [-0.2, -0.15) is 0 Å². The molecule has 1 aliphatic heterocycles. The Bertz CT molecular complexity index is 523. The second kappa shape index (κ2) is 7.61. The van der Waals surface area contributed by atoms with E-state index in [2.05, 4.69) is 16.0 Å². The Kier molecular flexibility index (Phi) is 5.80. The van der Waals surface area contributed by atoms with E-state index in [4.69, 9.17) is 0 Å². The first kappa shape index (κ1) is 16.8. The molecule has 1 heterocycles. The van der Waals surface area contributed by atoms with Crippen LogP contribution in [0.4, 0.5) is 5.69 Å². The standard InChI is InChI=1S/C16H21N3O2.ClH/c20-15(18-10-14-2-1-9-17-14)11-5-7-13(8-6-11)19-16(21)12-3-4-12;/h5-8,12,14,17H,1-4,9-10H2,(H,18,20)(H,19,21);1H. The molecule has 1 saturated carbocycles. The van der Waals surface area contributed by atoms with Crippen molar-refractivity contribution in [3.05, 3.63) is 29.8 Å². The molecule has 1 aromatic rings. The lowest BCUT2D eigenvalue weighted by atomic mass is 10.1. The van der Waals surface area contributed by atoms with Crippen molar-refractivity contribution >= 4 is 29.9 Å². The quantitative estimate of drug-likeness (QED) is 0.775. The Balaban J connectivity index is 0.00000176. The van der Waals surface area contributed by atoms with E-state index in [9.17, 15) is 9.59 Å². The molecule has 0 spiro atoms. The molecule has 6 heteroatoms. The first-order valence-corrected chi connectivity index (χ1v) is 7.65. The summed E-state index contributed by atoms with van der Waals surface area (Å²) in [6.45, 7) is 1.70. The van der Waals surface area contributed by atoms with Crippen LogP contribution < -0.4 is 16.0 Å². The van der Waals surface area contributed by atoms with Crippen LogP contribution in [0.15, 0.2) is 24.3 Å². The summed E-state index contributed by atoms with van der Waals surface area (Å²) in [6, 6.07) is 7.46. The van der Waals surface area contributed by atoms with Crippen LogP contribution in [0, 0.1) is 5.92 Å². The van der Waals surface area contributed by atoms with E-state index in [1.807, 2.05) is 0 Å². The van der Waals surface area contributed by atoms with E-state index in [1.54, 1.807) is 24.3 Å². The first-order chi connectivity index (χ1) is 10.2. The summed E-state index contributed by atoms with van der Waals surface area (Å²) in [6.07, 6.45) is 4.27. The van der Waals surface area contributed by atoms with E-state index in [0.717, 1.165) is 31.5 Å². The van der Waals surface area contributed by atoms with Crippen LogP contribution in [0.2, 0.25) is 0 Å². The minimum Gasteiger partial charge on any atom is -0.350 e. The van der Waals surface area contributed by atoms with Gasteiger partial charge in [0.15, 0.2) is 0 Å². The lowest BCUT2D eigenvalue weighted by molar-refractivity contribution is -0.117. The predicted molar refractivity (Wildman–Crippen MR) is 88.4 cm³/mol. The minimum absolute atomic E-state index is 0. The summed E-state index contributed by atoms with van der Waals surface area (Å²) in [7, 11) is 0. The van der Waals surface area contributed by atoms with Gasteiger partial charge in [-0.25, -0.2) is 0 Å². The van der Waals surface area contributed by atoms with Crippen molar-refractivity contribution in [2.45, 2.75) is 31.7 Å². The van der Waals surface area contributed by atoms with E-state index in [0.29, 0.717) is 18.2 Å². The number of nitrogens with one attached hydrogen (secondary N) is 3. The van der Waals surface area contributed by atoms with Crippen LogP contribution in [0.5, 0.6) is 0 Å². The molecule has 22 heavy (non-hydrogen) atoms. The molecule has 0 radical (unpaired) electrons. The lowest BCUT2D eigenvalue weighted by Crippen LogP contribution is -2.37. The molecule has 0 bridgehead atoms. The Morgan fingerprint density at radius 1 is 1.14 bits per heavy atom. The van der Waals surface area contributed by atoms with Gasteiger partial charge < -0.3 is 16.0 Å². The Morgan fingerprint density at radius 2 is 1.86 bits per heavy atom. The number of amides is 2. The highest BCUT2D eigenvalue weighted by Crippen LogP contribution is 2.30. The highest BCUT2D eigenvalue weighted by atomic mass is 35.5. The Labute approximate surface area is 136 Å². The van der Waals surface area contributed by atoms with Crippen molar-refractivity contribution in [2.24, 2.45) is 5.92 Å². The minimum atomic E-state index is -0.0660. The van der Waals surface area contributed by atoms with Gasteiger partial charge in [0.1, 0.15) is 0 Å². The maximum Gasteiger partial charge on any atom is 0.251 e. The third kappa shape index (κ3) is 4.45. The van der Waals surface area contributed by atoms with Gasteiger partial charge in [0.05, 0.1) is 0 Å². The Morgan fingerprint density at radius 3 is 2.45 bits per heavy atom. The van der Waals surface area contributed by atoms with Crippen molar-refractivity contribution in [1.82, 2.24) is 10.6 Å². The smallest absolute Gasteiger partial charge is 0.251 e. The number of carbonyl (C=O) groups is 2. The molecule has 1 aromatic carbocycles. The topological polar surface area (TPSA) is 70.2 Å². The maximum absolute atomic E-state index is 12.0. The van der Waals surface area contributed by atoms with E-state index >= 15 is 0 Å². The summed E-state index contributed by atoms with van der Waals surface area (Å²) >= 11 is 0. The highest BCUT2D eigenvalue weighted by molar-refractivity contribution is 5.96. The van der Waals surface area contributed by atoms with Gasteiger partial charge in [0.2, 0.25) is 5.91 Å². The normalized spacial score (nSPS) is 20.1. The van der Waals surface area contributed by atoms with Gasteiger partial charge in [0, 0.05) is 29.8 Å². The lowest BCUT2D eigenvalue weighted by Gasteiger charge is -2.11. The van der Waals surface area contributed by atoms with Crippen molar-refractivity contribution in [1.29, 1.82) is 0 Å². The molecule has 1 atom stereocenters. The van der Waals surface area contributed by atoms with Crippen molar-refractivity contribution in [3.8, 4) is 0 Å². The Hall–Kier alpha value is -1.59. The zero-order valence-electron chi connectivity index (χ0n) is 12.4. The zero-order chi connectivity index (χ0) is 14.7. The fraction of sp³-hybridized carbons (Fsp3) is 0.500.